The first-order valence-corrected chi connectivity index (χ1v) is 7.24. The van der Waals surface area contributed by atoms with Gasteiger partial charge in [-0.3, -0.25) is 9.58 Å². The topological polar surface area (TPSA) is 80.3 Å². The second-order valence-corrected chi connectivity index (χ2v) is 5.52. The van der Waals surface area contributed by atoms with Crippen LogP contribution in [0.15, 0.2) is 31.1 Å². The zero-order chi connectivity index (χ0) is 14.9. The summed E-state index contributed by atoms with van der Waals surface area (Å²) >= 11 is 0. The molecule has 1 fully saturated rings. The van der Waals surface area contributed by atoms with Crippen LogP contribution in [0.2, 0.25) is 0 Å². The second kappa shape index (κ2) is 5.34. The third-order valence-electron chi connectivity index (χ3n) is 4.11. The Morgan fingerprint density at radius 2 is 2.18 bits per heavy atom. The van der Waals surface area contributed by atoms with E-state index >= 15 is 0 Å². The van der Waals surface area contributed by atoms with Gasteiger partial charge in [0.25, 0.3) is 0 Å². The first kappa shape index (κ1) is 13.1. The summed E-state index contributed by atoms with van der Waals surface area (Å²) in [7, 11) is 2.15. The van der Waals surface area contributed by atoms with E-state index in [9.17, 15) is 0 Å². The Morgan fingerprint density at radius 3 is 3.00 bits per heavy atom. The van der Waals surface area contributed by atoms with Crippen molar-refractivity contribution in [2.75, 3.05) is 31.6 Å². The lowest BCUT2D eigenvalue weighted by molar-refractivity contribution is 0.195. The summed E-state index contributed by atoms with van der Waals surface area (Å²) in [4.78, 5) is 8.57. The molecule has 0 aliphatic carbocycles. The summed E-state index contributed by atoms with van der Waals surface area (Å²) in [6.45, 7) is 3.78. The van der Waals surface area contributed by atoms with Crippen molar-refractivity contribution >= 4 is 11.5 Å². The van der Waals surface area contributed by atoms with Crippen LogP contribution in [0.3, 0.4) is 0 Å². The number of hydrogen-bond acceptors (Lipinski definition) is 7. The first-order chi connectivity index (χ1) is 10.8. The summed E-state index contributed by atoms with van der Waals surface area (Å²) in [5, 5.41) is 16.4. The van der Waals surface area contributed by atoms with E-state index in [0.29, 0.717) is 6.04 Å². The molecule has 0 unspecified atom stereocenters. The van der Waals surface area contributed by atoms with Gasteiger partial charge in [-0.05, 0) is 19.2 Å². The zero-order valence-electron chi connectivity index (χ0n) is 12.3. The molecule has 9 heteroatoms. The SMILES string of the molecule is CN(CCn1cncn1)C1CN(c2ccc3nncn3n2)C1. The van der Waals surface area contributed by atoms with Crippen molar-refractivity contribution in [3.63, 3.8) is 0 Å². The number of nitrogens with zero attached hydrogens (tertiary/aromatic N) is 9. The van der Waals surface area contributed by atoms with E-state index in [4.69, 9.17) is 0 Å². The van der Waals surface area contributed by atoms with Crippen molar-refractivity contribution in [2.45, 2.75) is 12.6 Å². The van der Waals surface area contributed by atoms with Gasteiger partial charge < -0.3 is 4.90 Å². The lowest BCUT2D eigenvalue weighted by atomic mass is 10.1. The van der Waals surface area contributed by atoms with Crippen molar-refractivity contribution in [2.24, 2.45) is 0 Å². The fourth-order valence-corrected chi connectivity index (χ4v) is 2.60. The Kier molecular flexibility index (Phi) is 3.19. The molecule has 1 saturated heterocycles. The van der Waals surface area contributed by atoms with Gasteiger partial charge in [-0.1, -0.05) is 0 Å². The van der Waals surface area contributed by atoms with E-state index in [2.05, 4.69) is 42.2 Å². The van der Waals surface area contributed by atoms with Crippen LogP contribution in [0.25, 0.3) is 5.65 Å². The maximum Gasteiger partial charge on any atom is 0.177 e. The lowest BCUT2D eigenvalue weighted by Gasteiger charge is -2.44. The normalized spacial score (nSPS) is 15.6. The molecule has 3 aromatic rings. The fourth-order valence-electron chi connectivity index (χ4n) is 2.60. The minimum atomic E-state index is 0.543. The molecular weight excluding hydrogens is 282 g/mol. The molecule has 0 atom stereocenters. The lowest BCUT2D eigenvalue weighted by Crippen LogP contribution is -2.59. The molecule has 22 heavy (non-hydrogen) atoms. The Balaban J connectivity index is 1.33. The molecule has 0 N–H and O–H groups in total. The van der Waals surface area contributed by atoms with Crippen molar-refractivity contribution in [1.29, 1.82) is 0 Å². The number of rotatable bonds is 5. The minimum absolute atomic E-state index is 0.543. The quantitative estimate of drug-likeness (QED) is 0.630. The smallest absolute Gasteiger partial charge is 0.177 e. The molecule has 114 valence electrons. The van der Waals surface area contributed by atoms with Gasteiger partial charge in [-0.25, -0.2) is 4.98 Å². The monoisotopic (exact) mass is 299 g/mol. The van der Waals surface area contributed by atoms with E-state index in [1.165, 1.54) is 0 Å². The van der Waals surface area contributed by atoms with Crippen LogP contribution in [0.5, 0.6) is 0 Å². The highest BCUT2D eigenvalue weighted by molar-refractivity contribution is 5.47. The number of fused-ring (bicyclic) bond motifs is 1. The van der Waals surface area contributed by atoms with Crippen LogP contribution in [0, 0.1) is 0 Å². The molecule has 0 spiro atoms. The van der Waals surface area contributed by atoms with Gasteiger partial charge in [0.2, 0.25) is 0 Å². The summed E-state index contributed by atoms with van der Waals surface area (Å²) in [6.07, 6.45) is 4.94. The summed E-state index contributed by atoms with van der Waals surface area (Å²) in [5.74, 6) is 0.966. The highest BCUT2D eigenvalue weighted by atomic mass is 15.4. The number of aromatic nitrogens is 7. The first-order valence-electron chi connectivity index (χ1n) is 7.24. The van der Waals surface area contributed by atoms with E-state index in [-0.39, 0.29) is 0 Å². The van der Waals surface area contributed by atoms with Gasteiger partial charge >= 0.3 is 0 Å². The summed E-state index contributed by atoms with van der Waals surface area (Å²) < 4.78 is 3.56. The predicted molar refractivity (Wildman–Crippen MR) is 79.4 cm³/mol. The maximum absolute atomic E-state index is 4.51. The Hall–Kier alpha value is -2.55. The van der Waals surface area contributed by atoms with Crippen LogP contribution < -0.4 is 4.90 Å². The van der Waals surface area contributed by atoms with Gasteiger partial charge in [0.1, 0.15) is 24.8 Å². The van der Waals surface area contributed by atoms with E-state index in [1.807, 2.05) is 16.8 Å². The van der Waals surface area contributed by atoms with Crippen molar-refractivity contribution in [3.05, 3.63) is 31.1 Å². The molecule has 1 aliphatic rings. The van der Waals surface area contributed by atoms with Crippen molar-refractivity contribution < 1.29 is 0 Å². The summed E-state index contributed by atoms with van der Waals surface area (Å²) in [5.41, 5.74) is 0.769. The molecule has 0 saturated carbocycles. The molecule has 3 aromatic heterocycles. The molecule has 9 nitrogen and oxygen atoms in total. The van der Waals surface area contributed by atoms with Gasteiger partial charge in [0.05, 0.1) is 6.54 Å². The second-order valence-electron chi connectivity index (χ2n) is 5.52. The largest absolute Gasteiger partial charge is 0.352 e. The molecule has 0 aromatic carbocycles. The van der Waals surface area contributed by atoms with Crippen LogP contribution in [0.1, 0.15) is 0 Å². The Morgan fingerprint density at radius 1 is 1.27 bits per heavy atom. The zero-order valence-corrected chi connectivity index (χ0v) is 12.3. The summed E-state index contributed by atoms with van der Waals surface area (Å²) in [6, 6.07) is 4.48. The van der Waals surface area contributed by atoms with Crippen LogP contribution in [0.4, 0.5) is 5.82 Å². The van der Waals surface area contributed by atoms with Crippen LogP contribution in [-0.4, -0.2) is 72.2 Å². The van der Waals surface area contributed by atoms with Gasteiger partial charge in [0, 0.05) is 25.7 Å². The molecule has 0 bridgehead atoms. The maximum atomic E-state index is 4.51. The van der Waals surface area contributed by atoms with E-state index in [1.54, 1.807) is 23.5 Å². The number of hydrogen-bond donors (Lipinski definition) is 0. The average molecular weight is 299 g/mol. The molecular formula is C13H17N9. The number of anilines is 1. The van der Waals surface area contributed by atoms with Crippen LogP contribution in [-0.2, 0) is 6.54 Å². The van der Waals surface area contributed by atoms with Gasteiger partial charge in [-0.2, -0.15) is 9.61 Å². The Labute approximate surface area is 127 Å². The predicted octanol–water partition coefficient (Wildman–Crippen LogP) is -0.464. The third-order valence-corrected chi connectivity index (χ3v) is 4.11. The highest BCUT2D eigenvalue weighted by Crippen LogP contribution is 2.21. The van der Waals surface area contributed by atoms with Gasteiger partial charge in [-0.15, -0.1) is 15.3 Å². The van der Waals surface area contributed by atoms with Crippen molar-refractivity contribution in [1.82, 2.24) is 39.5 Å². The molecule has 4 rings (SSSR count). The fraction of sp³-hybridized carbons (Fsp3) is 0.462. The molecule has 0 amide bonds. The van der Waals surface area contributed by atoms with Crippen molar-refractivity contribution in [3.8, 4) is 0 Å². The van der Waals surface area contributed by atoms with E-state index in [0.717, 1.165) is 37.6 Å². The minimum Gasteiger partial charge on any atom is -0.352 e. The highest BCUT2D eigenvalue weighted by Gasteiger charge is 2.30. The molecule has 4 heterocycles. The Bertz CT molecular complexity index is 744. The van der Waals surface area contributed by atoms with Crippen LogP contribution >= 0.6 is 0 Å². The standard InChI is InChI=1S/C13H17N9/c1-19(4-5-21-9-14-8-16-21)11-6-20(7-11)13-3-2-12-17-15-10-22(12)18-13/h2-3,8-11H,4-7H2,1H3. The molecule has 1 aliphatic heterocycles. The molecule has 0 radical (unpaired) electrons. The van der Waals surface area contributed by atoms with E-state index < -0.39 is 0 Å². The number of likely N-dealkylation sites (N-methyl/N-ethyl adjacent to an activating group) is 1. The van der Waals surface area contributed by atoms with Gasteiger partial charge in [0.15, 0.2) is 5.65 Å². The third kappa shape index (κ3) is 2.39. The average Bonchev–Trinajstić information content (AvgIpc) is 3.14.